The topological polar surface area (TPSA) is 136 Å². The highest BCUT2D eigenvalue weighted by atomic mass is 16.3. The zero-order valence-corrected chi connectivity index (χ0v) is 25.4. The van der Waals surface area contributed by atoms with Crippen LogP contribution in [0.2, 0.25) is 0 Å². The number of hydrogen-bond donors (Lipinski definition) is 3. The van der Waals surface area contributed by atoms with Gasteiger partial charge in [-0.25, -0.2) is 4.99 Å². The van der Waals surface area contributed by atoms with Gasteiger partial charge in [0.15, 0.2) is 0 Å². The van der Waals surface area contributed by atoms with Crippen LogP contribution in [0.3, 0.4) is 0 Å². The Hall–Kier alpha value is -4.67. The standard InChI is InChI=1S/C33H40N6O5/c1-3-15-34-30(41)23-9-11-24(12-10-23)31(42)37-33(35-26-13-14-28-25(20-26)19-22(2)44-28)36-27-8-4-5-18-39(32(27)43)21-29(40)38-16-6-7-17-38/h9-14,19-20,27H,3-8,15-18,21H2,1-2H3,(H,34,41)(H2,35,36,37,42)/t27-/m0/s1. The summed E-state index contributed by atoms with van der Waals surface area (Å²) in [5.74, 6) is -0.0230. The number of nitrogens with zero attached hydrogens (tertiary/aromatic N) is 3. The summed E-state index contributed by atoms with van der Waals surface area (Å²) >= 11 is 0. The lowest BCUT2D eigenvalue weighted by Gasteiger charge is -2.25. The molecule has 11 heteroatoms. The first-order valence-electron chi connectivity index (χ1n) is 15.4. The highest BCUT2D eigenvalue weighted by molar-refractivity contribution is 6.11. The molecular weight excluding hydrogens is 560 g/mol. The van der Waals surface area contributed by atoms with E-state index in [2.05, 4.69) is 16.0 Å². The van der Waals surface area contributed by atoms with Crippen molar-refractivity contribution in [1.29, 1.82) is 0 Å². The lowest BCUT2D eigenvalue weighted by Crippen LogP contribution is -2.45. The molecule has 3 heterocycles. The number of fused-ring (bicyclic) bond motifs is 1. The molecule has 2 saturated heterocycles. The van der Waals surface area contributed by atoms with Crippen LogP contribution in [0, 0.1) is 6.92 Å². The second-order valence-corrected chi connectivity index (χ2v) is 11.4. The molecule has 2 fully saturated rings. The zero-order chi connectivity index (χ0) is 31.1. The van der Waals surface area contributed by atoms with E-state index >= 15 is 0 Å². The van der Waals surface area contributed by atoms with Crippen molar-refractivity contribution >= 4 is 46.2 Å². The van der Waals surface area contributed by atoms with Gasteiger partial charge in [-0.15, -0.1) is 0 Å². The number of anilines is 1. The van der Waals surface area contributed by atoms with E-state index in [0.29, 0.717) is 36.3 Å². The van der Waals surface area contributed by atoms with Gasteiger partial charge in [0.1, 0.15) is 17.4 Å². The van der Waals surface area contributed by atoms with Gasteiger partial charge in [0.25, 0.3) is 11.8 Å². The van der Waals surface area contributed by atoms with Crippen molar-refractivity contribution in [3.05, 3.63) is 65.4 Å². The lowest BCUT2D eigenvalue weighted by molar-refractivity contribution is -0.140. The minimum atomic E-state index is -0.767. The first-order valence-corrected chi connectivity index (χ1v) is 15.4. The van der Waals surface area contributed by atoms with Gasteiger partial charge in [-0.3, -0.25) is 24.5 Å². The van der Waals surface area contributed by atoms with Gasteiger partial charge in [-0.1, -0.05) is 6.92 Å². The van der Waals surface area contributed by atoms with Crippen molar-refractivity contribution in [2.75, 3.05) is 38.0 Å². The van der Waals surface area contributed by atoms with Crippen LogP contribution in [-0.4, -0.2) is 78.2 Å². The van der Waals surface area contributed by atoms with Crippen molar-refractivity contribution in [2.24, 2.45) is 4.99 Å². The van der Waals surface area contributed by atoms with Crippen LogP contribution in [0.5, 0.6) is 0 Å². The van der Waals surface area contributed by atoms with Crippen molar-refractivity contribution in [1.82, 2.24) is 20.4 Å². The van der Waals surface area contributed by atoms with Crippen LogP contribution < -0.4 is 16.0 Å². The Morgan fingerprint density at radius 1 is 0.932 bits per heavy atom. The molecule has 1 atom stereocenters. The van der Waals surface area contributed by atoms with E-state index < -0.39 is 11.9 Å². The number of carbonyl (C=O) groups excluding carboxylic acids is 4. The van der Waals surface area contributed by atoms with E-state index in [1.807, 2.05) is 43.0 Å². The van der Waals surface area contributed by atoms with Gasteiger partial charge in [-0.2, -0.15) is 0 Å². The fourth-order valence-electron chi connectivity index (χ4n) is 5.53. The number of aliphatic imine (C=N–C) groups is 1. The maximum absolute atomic E-state index is 13.7. The fraction of sp³-hybridized carbons (Fsp3) is 0.424. The van der Waals surface area contributed by atoms with Gasteiger partial charge in [0.05, 0.1) is 6.54 Å². The SMILES string of the molecule is CCCNC(=O)c1ccc(C(=O)NC(=N[C@H]2CCCCN(CC(=O)N3CCCC3)C2=O)Nc2ccc3oc(C)cc3c2)cc1. The highest BCUT2D eigenvalue weighted by Crippen LogP contribution is 2.23. The molecule has 0 spiro atoms. The second kappa shape index (κ2) is 14.2. The largest absolute Gasteiger partial charge is 0.461 e. The van der Waals surface area contributed by atoms with Crippen LogP contribution in [-0.2, 0) is 9.59 Å². The van der Waals surface area contributed by atoms with E-state index in [4.69, 9.17) is 9.41 Å². The molecule has 2 aliphatic heterocycles. The average molecular weight is 601 g/mol. The van der Waals surface area contributed by atoms with Crippen LogP contribution >= 0.6 is 0 Å². The van der Waals surface area contributed by atoms with Crippen LogP contribution in [0.1, 0.15) is 71.9 Å². The maximum atomic E-state index is 13.7. The number of amides is 4. The van der Waals surface area contributed by atoms with E-state index in [-0.39, 0.29) is 30.2 Å². The number of hydrogen-bond acceptors (Lipinski definition) is 6. The first-order chi connectivity index (χ1) is 21.3. The Bertz CT molecular complexity index is 1540. The van der Waals surface area contributed by atoms with Crippen LogP contribution in [0.15, 0.2) is 57.9 Å². The predicted molar refractivity (Wildman–Crippen MR) is 169 cm³/mol. The highest BCUT2D eigenvalue weighted by Gasteiger charge is 2.30. The molecule has 0 bridgehead atoms. The summed E-state index contributed by atoms with van der Waals surface area (Å²) in [4.78, 5) is 60.3. The minimum Gasteiger partial charge on any atom is -0.461 e. The summed E-state index contributed by atoms with van der Waals surface area (Å²) in [6, 6.07) is 13.0. The number of likely N-dealkylation sites (tertiary alicyclic amines) is 2. The number of aryl methyl sites for hydroxylation is 1. The van der Waals surface area contributed by atoms with Crippen LogP contribution in [0.4, 0.5) is 5.69 Å². The second-order valence-electron chi connectivity index (χ2n) is 11.4. The summed E-state index contributed by atoms with van der Waals surface area (Å²) in [7, 11) is 0. The molecule has 2 aliphatic rings. The molecule has 2 aromatic carbocycles. The molecule has 0 unspecified atom stereocenters. The molecule has 44 heavy (non-hydrogen) atoms. The minimum absolute atomic E-state index is 0.0364. The number of rotatable bonds is 8. The molecule has 0 saturated carbocycles. The average Bonchev–Trinajstić information content (AvgIpc) is 3.66. The smallest absolute Gasteiger partial charge is 0.257 e. The number of benzene rings is 2. The molecule has 11 nitrogen and oxygen atoms in total. The van der Waals surface area contributed by atoms with E-state index in [1.165, 1.54) is 0 Å². The number of guanidine groups is 1. The van der Waals surface area contributed by atoms with Gasteiger partial charge in [0, 0.05) is 48.4 Å². The fourth-order valence-corrected chi connectivity index (χ4v) is 5.53. The third-order valence-electron chi connectivity index (χ3n) is 7.90. The first kappa shape index (κ1) is 30.8. The van der Waals surface area contributed by atoms with E-state index in [1.54, 1.807) is 29.2 Å². The molecule has 4 amide bonds. The Morgan fingerprint density at radius 2 is 1.64 bits per heavy atom. The molecular formula is C33H40N6O5. The monoisotopic (exact) mass is 600 g/mol. The van der Waals surface area contributed by atoms with E-state index in [9.17, 15) is 19.2 Å². The van der Waals surface area contributed by atoms with Crippen molar-refractivity contribution in [3.63, 3.8) is 0 Å². The Labute approximate surface area is 257 Å². The molecule has 3 N–H and O–H groups in total. The number of carbonyl (C=O) groups is 4. The normalized spacial score (nSPS) is 17.5. The van der Waals surface area contributed by atoms with Crippen molar-refractivity contribution < 1.29 is 23.6 Å². The number of nitrogens with one attached hydrogen (secondary N) is 3. The van der Waals surface area contributed by atoms with Crippen molar-refractivity contribution in [2.45, 2.75) is 58.4 Å². The van der Waals surface area contributed by atoms with Crippen molar-refractivity contribution in [3.8, 4) is 0 Å². The number of furan rings is 1. The summed E-state index contributed by atoms with van der Waals surface area (Å²) in [5.41, 5.74) is 2.18. The maximum Gasteiger partial charge on any atom is 0.257 e. The Morgan fingerprint density at radius 3 is 2.36 bits per heavy atom. The third kappa shape index (κ3) is 7.64. The van der Waals surface area contributed by atoms with E-state index in [0.717, 1.165) is 61.9 Å². The summed E-state index contributed by atoms with van der Waals surface area (Å²) in [6.45, 7) is 6.41. The third-order valence-corrected chi connectivity index (χ3v) is 7.90. The molecule has 232 valence electrons. The quantitative estimate of drug-likeness (QED) is 0.263. The lowest BCUT2D eigenvalue weighted by atomic mass is 10.1. The van der Waals surface area contributed by atoms with Gasteiger partial charge >= 0.3 is 0 Å². The molecule has 5 rings (SSSR count). The summed E-state index contributed by atoms with van der Waals surface area (Å²) in [6.07, 6.45) is 4.83. The molecule has 3 aromatic rings. The Kier molecular flexibility index (Phi) is 9.93. The van der Waals surface area contributed by atoms with Gasteiger partial charge in [0.2, 0.25) is 17.8 Å². The molecule has 0 radical (unpaired) electrons. The van der Waals surface area contributed by atoms with Gasteiger partial charge < -0.3 is 24.9 Å². The zero-order valence-electron chi connectivity index (χ0n) is 25.4. The predicted octanol–water partition coefficient (Wildman–Crippen LogP) is 4.08. The summed E-state index contributed by atoms with van der Waals surface area (Å²) < 4.78 is 5.69. The molecule has 1 aromatic heterocycles. The van der Waals surface area contributed by atoms with Crippen LogP contribution in [0.25, 0.3) is 11.0 Å². The van der Waals surface area contributed by atoms with Gasteiger partial charge in [-0.05, 0) is 94.0 Å². The Balaban J connectivity index is 1.37. The summed E-state index contributed by atoms with van der Waals surface area (Å²) in [5, 5.41) is 9.73. The molecule has 0 aliphatic carbocycles.